The van der Waals surface area contributed by atoms with Crippen molar-refractivity contribution >= 4 is 0 Å². The van der Waals surface area contributed by atoms with E-state index in [9.17, 15) is 0 Å². The van der Waals surface area contributed by atoms with E-state index in [4.69, 9.17) is 9.47 Å². The molecule has 3 nitrogen and oxygen atoms in total. The molecule has 2 rings (SSSR count). The molecule has 3 heteroatoms. The van der Waals surface area contributed by atoms with Gasteiger partial charge in [0.05, 0.1) is 13.2 Å². The lowest BCUT2D eigenvalue weighted by atomic mass is 10.1. The van der Waals surface area contributed by atoms with E-state index < -0.39 is 0 Å². The van der Waals surface area contributed by atoms with Gasteiger partial charge in [0.15, 0.2) is 11.5 Å². The number of ether oxygens (including phenoxy) is 2. The first kappa shape index (κ1) is 14.2. The lowest BCUT2D eigenvalue weighted by molar-refractivity contribution is 0.230. The van der Waals surface area contributed by atoms with E-state index in [-0.39, 0.29) is 6.10 Å². The van der Waals surface area contributed by atoms with Gasteiger partial charge in [0, 0.05) is 12.6 Å². The van der Waals surface area contributed by atoms with Crippen LogP contribution in [0, 0.1) is 0 Å². The number of hydrogen-bond acceptors (Lipinski definition) is 3. The summed E-state index contributed by atoms with van der Waals surface area (Å²) >= 11 is 0. The lowest BCUT2D eigenvalue weighted by Crippen LogP contribution is -2.25. The average Bonchev–Trinajstić information content (AvgIpc) is 2.89. The third-order valence-corrected chi connectivity index (χ3v) is 3.54. The van der Waals surface area contributed by atoms with Crippen molar-refractivity contribution in [1.29, 1.82) is 0 Å². The Morgan fingerprint density at radius 3 is 2.58 bits per heavy atom. The minimum absolute atomic E-state index is 0.159. The summed E-state index contributed by atoms with van der Waals surface area (Å²) in [5.41, 5.74) is 1.25. The molecule has 1 aliphatic carbocycles. The summed E-state index contributed by atoms with van der Waals surface area (Å²) in [6.07, 6.45) is 5.51. The van der Waals surface area contributed by atoms with Crippen molar-refractivity contribution in [3.63, 3.8) is 0 Å². The molecule has 0 unspecified atom stereocenters. The second-order valence-corrected chi connectivity index (χ2v) is 5.51. The Labute approximate surface area is 116 Å². The Bertz CT molecular complexity index is 398. The minimum Gasteiger partial charge on any atom is -0.493 e. The van der Waals surface area contributed by atoms with Crippen LogP contribution in [-0.2, 0) is 6.54 Å². The predicted octanol–water partition coefficient (Wildman–Crippen LogP) is 3.51. The van der Waals surface area contributed by atoms with Crippen molar-refractivity contribution < 1.29 is 9.47 Å². The van der Waals surface area contributed by atoms with E-state index >= 15 is 0 Å². The third kappa shape index (κ3) is 4.13. The molecular weight excluding hydrogens is 238 g/mol. The van der Waals surface area contributed by atoms with Crippen molar-refractivity contribution in [2.45, 2.75) is 58.2 Å². The van der Waals surface area contributed by atoms with Gasteiger partial charge in [-0.3, -0.25) is 0 Å². The van der Waals surface area contributed by atoms with E-state index in [0.717, 1.165) is 18.0 Å². The van der Waals surface area contributed by atoms with Crippen LogP contribution in [0.5, 0.6) is 11.5 Å². The fourth-order valence-electron chi connectivity index (χ4n) is 2.57. The summed E-state index contributed by atoms with van der Waals surface area (Å²) in [6.45, 7) is 4.97. The number of nitrogens with one attached hydrogen (secondary N) is 1. The molecule has 0 saturated heterocycles. The third-order valence-electron chi connectivity index (χ3n) is 3.54. The van der Waals surface area contributed by atoms with Crippen LogP contribution in [0.1, 0.15) is 45.1 Å². The predicted molar refractivity (Wildman–Crippen MR) is 77.9 cm³/mol. The van der Waals surface area contributed by atoms with Crippen LogP contribution >= 0.6 is 0 Å². The normalized spacial score (nSPS) is 16.0. The van der Waals surface area contributed by atoms with E-state index in [1.165, 1.54) is 31.2 Å². The Morgan fingerprint density at radius 1 is 1.21 bits per heavy atom. The molecule has 106 valence electrons. The first-order valence-corrected chi connectivity index (χ1v) is 7.26. The molecule has 0 amide bonds. The molecule has 0 radical (unpaired) electrons. The quantitative estimate of drug-likeness (QED) is 0.852. The highest BCUT2D eigenvalue weighted by Gasteiger charge is 2.14. The Hall–Kier alpha value is -1.22. The Kier molecular flexibility index (Phi) is 5.08. The lowest BCUT2D eigenvalue weighted by Gasteiger charge is -2.16. The van der Waals surface area contributed by atoms with Crippen molar-refractivity contribution in [3.8, 4) is 11.5 Å². The van der Waals surface area contributed by atoms with Crippen LogP contribution in [0.3, 0.4) is 0 Å². The smallest absolute Gasteiger partial charge is 0.161 e. The van der Waals surface area contributed by atoms with Crippen molar-refractivity contribution in [2.75, 3.05) is 7.11 Å². The Morgan fingerprint density at radius 2 is 1.95 bits per heavy atom. The standard InChI is InChI=1S/C16H25NO2/c1-12(2)19-16-10-13(8-9-15(16)18-3)11-17-14-6-4-5-7-14/h8-10,12,14,17H,4-7,11H2,1-3H3. The maximum atomic E-state index is 5.80. The maximum Gasteiger partial charge on any atom is 0.161 e. The van der Waals surface area contributed by atoms with Gasteiger partial charge < -0.3 is 14.8 Å². The summed E-state index contributed by atoms with van der Waals surface area (Å²) in [6, 6.07) is 6.87. The van der Waals surface area contributed by atoms with Gasteiger partial charge in [-0.25, -0.2) is 0 Å². The van der Waals surface area contributed by atoms with E-state index in [2.05, 4.69) is 17.4 Å². The van der Waals surface area contributed by atoms with E-state index in [1.807, 2.05) is 19.9 Å². The number of rotatable bonds is 6. The fourth-order valence-corrected chi connectivity index (χ4v) is 2.57. The monoisotopic (exact) mass is 263 g/mol. The molecule has 1 aromatic carbocycles. The van der Waals surface area contributed by atoms with Gasteiger partial charge in [-0.1, -0.05) is 18.9 Å². The largest absolute Gasteiger partial charge is 0.493 e. The number of hydrogen-bond donors (Lipinski definition) is 1. The van der Waals surface area contributed by atoms with Gasteiger partial charge in [-0.15, -0.1) is 0 Å². The van der Waals surface area contributed by atoms with Gasteiger partial charge in [-0.05, 0) is 44.4 Å². The molecule has 0 atom stereocenters. The highest BCUT2D eigenvalue weighted by Crippen LogP contribution is 2.29. The minimum atomic E-state index is 0.159. The maximum absolute atomic E-state index is 5.80. The summed E-state index contributed by atoms with van der Waals surface area (Å²) in [7, 11) is 1.68. The van der Waals surface area contributed by atoms with Gasteiger partial charge in [0.2, 0.25) is 0 Å². The Balaban J connectivity index is 1.99. The molecule has 1 saturated carbocycles. The molecule has 1 aromatic rings. The van der Waals surface area contributed by atoms with Crippen LogP contribution < -0.4 is 14.8 Å². The van der Waals surface area contributed by atoms with E-state index in [1.54, 1.807) is 7.11 Å². The van der Waals surface area contributed by atoms with Gasteiger partial charge >= 0.3 is 0 Å². The summed E-state index contributed by atoms with van der Waals surface area (Å²) < 4.78 is 11.1. The molecule has 1 fully saturated rings. The fraction of sp³-hybridized carbons (Fsp3) is 0.625. The molecule has 19 heavy (non-hydrogen) atoms. The molecular formula is C16H25NO2. The van der Waals surface area contributed by atoms with Crippen LogP contribution in [-0.4, -0.2) is 19.3 Å². The zero-order valence-electron chi connectivity index (χ0n) is 12.2. The zero-order chi connectivity index (χ0) is 13.7. The SMILES string of the molecule is COc1ccc(CNC2CCCC2)cc1OC(C)C. The van der Waals surface area contributed by atoms with Crippen LogP contribution in [0.25, 0.3) is 0 Å². The molecule has 0 bridgehead atoms. The number of methoxy groups -OCH3 is 1. The first-order valence-electron chi connectivity index (χ1n) is 7.26. The van der Waals surface area contributed by atoms with Crippen molar-refractivity contribution in [2.24, 2.45) is 0 Å². The summed E-state index contributed by atoms with van der Waals surface area (Å²) in [4.78, 5) is 0. The van der Waals surface area contributed by atoms with Gasteiger partial charge in [-0.2, -0.15) is 0 Å². The highest BCUT2D eigenvalue weighted by molar-refractivity contribution is 5.43. The topological polar surface area (TPSA) is 30.5 Å². The average molecular weight is 263 g/mol. The second kappa shape index (κ2) is 6.80. The van der Waals surface area contributed by atoms with Crippen LogP contribution in [0.4, 0.5) is 0 Å². The molecule has 0 spiro atoms. The summed E-state index contributed by atoms with van der Waals surface area (Å²) in [5.74, 6) is 1.64. The summed E-state index contributed by atoms with van der Waals surface area (Å²) in [5, 5.41) is 3.62. The van der Waals surface area contributed by atoms with E-state index in [0.29, 0.717) is 6.04 Å². The highest BCUT2D eigenvalue weighted by atomic mass is 16.5. The van der Waals surface area contributed by atoms with Crippen LogP contribution in [0.2, 0.25) is 0 Å². The number of benzene rings is 1. The van der Waals surface area contributed by atoms with Crippen LogP contribution in [0.15, 0.2) is 18.2 Å². The van der Waals surface area contributed by atoms with Crippen molar-refractivity contribution in [1.82, 2.24) is 5.32 Å². The molecule has 0 aliphatic heterocycles. The van der Waals surface area contributed by atoms with Crippen molar-refractivity contribution in [3.05, 3.63) is 23.8 Å². The first-order chi connectivity index (χ1) is 9.19. The molecule has 0 heterocycles. The second-order valence-electron chi connectivity index (χ2n) is 5.51. The molecule has 0 aromatic heterocycles. The molecule has 1 N–H and O–H groups in total. The zero-order valence-corrected chi connectivity index (χ0v) is 12.2. The van der Waals surface area contributed by atoms with Gasteiger partial charge in [0.1, 0.15) is 0 Å². The molecule has 1 aliphatic rings. The van der Waals surface area contributed by atoms with Gasteiger partial charge in [0.25, 0.3) is 0 Å².